The molecule has 0 bridgehead atoms. The summed E-state index contributed by atoms with van der Waals surface area (Å²) in [6, 6.07) is 19.6. The van der Waals surface area contributed by atoms with E-state index in [4.69, 9.17) is 14.2 Å². The zero-order chi connectivity index (χ0) is 29.5. The Morgan fingerprint density at radius 3 is 2.27 bits per heavy atom. The molecule has 1 N–H and O–H groups in total. The summed E-state index contributed by atoms with van der Waals surface area (Å²) in [7, 11) is 3.08. The monoisotopic (exact) mass is 558 g/mol. The number of ketones is 1. The van der Waals surface area contributed by atoms with E-state index >= 15 is 0 Å². The number of nitrogens with zero attached hydrogens (tertiary/aromatic N) is 2. The highest BCUT2D eigenvalue weighted by molar-refractivity contribution is 6.46. The van der Waals surface area contributed by atoms with Crippen molar-refractivity contribution in [3.8, 4) is 17.2 Å². The van der Waals surface area contributed by atoms with Gasteiger partial charge in [0, 0.05) is 18.7 Å². The highest BCUT2D eigenvalue weighted by Crippen LogP contribution is 2.42. The highest BCUT2D eigenvalue weighted by atomic mass is 16.5. The van der Waals surface area contributed by atoms with Crippen LogP contribution in [-0.4, -0.2) is 67.0 Å². The van der Waals surface area contributed by atoms with E-state index in [1.165, 1.54) is 7.11 Å². The van der Waals surface area contributed by atoms with Gasteiger partial charge in [0.1, 0.15) is 18.1 Å². The van der Waals surface area contributed by atoms with Gasteiger partial charge in [0.2, 0.25) is 0 Å². The van der Waals surface area contributed by atoms with Crippen LogP contribution in [0.2, 0.25) is 0 Å². The molecule has 4 rings (SSSR count). The number of aryl methyl sites for hydroxylation is 1. The molecule has 3 aromatic carbocycles. The van der Waals surface area contributed by atoms with Crippen LogP contribution >= 0.6 is 0 Å². The molecule has 1 saturated heterocycles. The number of carbonyl (C=O) groups is 2. The van der Waals surface area contributed by atoms with Gasteiger partial charge in [0.25, 0.3) is 11.7 Å². The van der Waals surface area contributed by atoms with Gasteiger partial charge in [-0.3, -0.25) is 9.59 Å². The Hall–Kier alpha value is -4.30. The number of benzene rings is 3. The van der Waals surface area contributed by atoms with Crippen LogP contribution in [0.3, 0.4) is 0 Å². The number of hydrogen-bond donors (Lipinski definition) is 1. The minimum absolute atomic E-state index is 0.0443. The summed E-state index contributed by atoms with van der Waals surface area (Å²) < 4.78 is 16.9. The molecular formula is C33H38N2O6. The second-order valence-corrected chi connectivity index (χ2v) is 9.88. The molecule has 1 fully saturated rings. The number of methoxy groups -OCH3 is 2. The van der Waals surface area contributed by atoms with E-state index in [1.54, 1.807) is 42.3 Å². The molecule has 0 aliphatic carbocycles. The van der Waals surface area contributed by atoms with Crippen molar-refractivity contribution >= 4 is 17.4 Å². The number of likely N-dealkylation sites (N-methyl/N-ethyl adjacent to an activating group) is 1. The molecular weight excluding hydrogens is 520 g/mol. The van der Waals surface area contributed by atoms with Gasteiger partial charge in [-0.05, 0) is 67.0 Å². The fourth-order valence-electron chi connectivity index (χ4n) is 5.15. The van der Waals surface area contributed by atoms with Crippen LogP contribution < -0.4 is 14.2 Å². The van der Waals surface area contributed by atoms with Crippen LogP contribution in [0.1, 0.15) is 42.1 Å². The molecule has 41 heavy (non-hydrogen) atoms. The van der Waals surface area contributed by atoms with Crippen molar-refractivity contribution in [1.82, 2.24) is 9.80 Å². The van der Waals surface area contributed by atoms with Crippen LogP contribution in [-0.2, 0) is 16.2 Å². The molecule has 8 heteroatoms. The van der Waals surface area contributed by atoms with Gasteiger partial charge in [-0.1, -0.05) is 50.2 Å². The van der Waals surface area contributed by atoms with Gasteiger partial charge < -0.3 is 29.1 Å². The second kappa shape index (κ2) is 13.4. The van der Waals surface area contributed by atoms with Crippen molar-refractivity contribution in [3.63, 3.8) is 0 Å². The van der Waals surface area contributed by atoms with Gasteiger partial charge in [-0.15, -0.1) is 0 Å². The molecule has 1 heterocycles. The molecule has 0 spiro atoms. The summed E-state index contributed by atoms with van der Waals surface area (Å²) in [6.45, 7) is 8.91. The normalized spacial score (nSPS) is 16.3. The van der Waals surface area contributed by atoms with Gasteiger partial charge in [-0.25, -0.2) is 0 Å². The number of carbonyl (C=O) groups excluding carboxylic acids is 2. The number of aliphatic hydroxyl groups excluding tert-OH is 1. The number of rotatable bonds is 12. The van der Waals surface area contributed by atoms with Gasteiger partial charge >= 0.3 is 0 Å². The molecule has 8 nitrogen and oxygen atoms in total. The molecule has 216 valence electrons. The number of aliphatic hydroxyl groups is 1. The van der Waals surface area contributed by atoms with Crippen LogP contribution in [0.4, 0.5) is 0 Å². The van der Waals surface area contributed by atoms with Crippen molar-refractivity contribution < 1.29 is 28.9 Å². The zero-order valence-electron chi connectivity index (χ0n) is 24.3. The molecule has 0 saturated carbocycles. The molecule has 0 unspecified atom stereocenters. The van der Waals surface area contributed by atoms with E-state index in [2.05, 4.69) is 18.7 Å². The van der Waals surface area contributed by atoms with Gasteiger partial charge in [0.15, 0.2) is 11.5 Å². The summed E-state index contributed by atoms with van der Waals surface area (Å²) in [5, 5.41) is 11.6. The lowest BCUT2D eigenvalue weighted by Gasteiger charge is -2.28. The fourth-order valence-corrected chi connectivity index (χ4v) is 5.15. The molecule has 1 atom stereocenters. The first kappa shape index (κ1) is 29.7. The number of amides is 1. The first-order valence-corrected chi connectivity index (χ1v) is 13.8. The molecule has 0 aromatic heterocycles. The lowest BCUT2D eigenvalue weighted by Crippen LogP contribution is -2.38. The molecule has 3 aromatic rings. The van der Waals surface area contributed by atoms with Crippen LogP contribution in [0.25, 0.3) is 5.76 Å². The minimum Gasteiger partial charge on any atom is -0.507 e. The minimum atomic E-state index is -0.793. The first-order chi connectivity index (χ1) is 19.8. The average Bonchev–Trinajstić information content (AvgIpc) is 3.25. The third kappa shape index (κ3) is 6.38. The number of hydrogen-bond acceptors (Lipinski definition) is 7. The topological polar surface area (TPSA) is 88.5 Å². The van der Waals surface area contributed by atoms with Gasteiger partial charge in [0.05, 0.1) is 25.8 Å². The molecule has 1 amide bonds. The lowest BCUT2D eigenvalue weighted by atomic mass is 9.93. The van der Waals surface area contributed by atoms with E-state index < -0.39 is 17.7 Å². The largest absolute Gasteiger partial charge is 0.507 e. The van der Waals surface area contributed by atoms with Crippen molar-refractivity contribution in [2.45, 2.75) is 33.4 Å². The number of likely N-dealkylation sites (tertiary alicyclic amines) is 1. The average molecular weight is 559 g/mol. The Labute approximate surface area is 241 Å². The van der Waals surface area contributed by atoms with E-state index in [0.717, 1.165) is 18.7 Å². The van der Waals surface area contributed by atoms with E-state index in [-0.39, 0.29) is 11.3 Å². The SMILES string of the molecule is CCN(CC)CCN1C(=O)C(=O)/C(=C(/O)c2ccc(OCc3ccccc3)cc2C)[C@H]1c1ccc(OC)c(OC)c1. The third-order valence-electron chi connectivity index (χ3n) is 7.52. The Bertz CT molecular complexity index is 1410. The van der Waals surface area contributed by atoms with Crippen LogP contribution in [0.15, 0.2) is 72.3 Å². The Morgan fingerprint density at radius 1 is 0.927 bits per heavy atom. The predicted molar refractivity (Wildman–Crippen MR) is 158 cm³/mol. The second-order valence-electron chi connectivity index (χ2n) is 9.88. The smallest absolute Gasteiger partial charge is 0.295 e. The van der Waals surface area contributed by atoms with E-state index in [9.17, 15) is 14.7 Å². The molecule has 1 aliphatic heterocycles. The summed E-state index contributed by atoms with van der Waals surface area (Å²) in [5.41, 5.74) is 2.90. The summed E-state index contributed by atoms with van der Waals surface area (Å²) in [4.78, 5) is 30.6. The Morgan fingerprint density at radius 2 is 1.63 bits per heavy atom. The van der Waals surface area contributed by atoms with Crippen molar-refractivity contribution in [2.75, 3.05) is 40.4 Å². The predicted octanol–water partition coefficient (Wildman–Crippen LogP) is 5.35. The summed E-state index contributed by atoms with van der Waals surface area (Å²) in [6.07, 6.45) is 0. The Kier molecular flexibility index (Phi) is 9.68. The highest BCUT2D eigenvalue weighted by Gasteiger charge is 2.46. The fraction of sp³-hybridized carbons (Fsp3) is 0.333. The Balaban J connectivity index is 1.74. The quantitative estimate of drug-likeness (QED) is 0.182. The number of Topliss-reactive ketones (excluding diaryl/α,β-unsaturated/α-hetero) is 1. The van der Waals surface area contributed by atoms with E-state index in [0.29, 0.717) is 53.6 Å². The maximum atomic E-state index is 13.5. The number of ether oxygens (including phenoxy) is 3. The first-order valence-electron chi connectivity index (χ1n) is 13.8. The maximum Gasteiger partial charge on any atom is 0.295 e. The van der Waals surface area contributed by atoms with Crippen molar-refractivity contribution in [1.29, 1.82) is 0 Å². The summed E-state index contributed by atoms with van der Waals surface area (Å²) in [5.74, 6) is 0.0536. The van der Waals surface area contributed by atoms with E-state index in [1.807, 2.05) is 43.3 Å². The summed E-state index contributed by atoms with van der Waals surface area (Å²) >= 11 is 0. The maximum absolute atomic E-state index is 13.5. The molecule has 1 aliphatic rings. The van der Waals surface area contributed by atoms with Crippen LogP contribution in [0, 0.1) is 6.92 Å². The van der Waals surface area contributed by atoms with Crippen molar-refractivity contribution in [2.24, 2.45) is 0 Å². The van der Waals surface area contributed by atoms with Crippen molar-refractivity contribution in [3.05, 3.63) is 94.6 Å². The van der Waals surface area contributed by atoms with Gasteiger partial charge in [-0.2, -0.15) is 0 Å². The standard InChI is InChI=1S/C33H38N2O6/c1-6-34(7-2)17-18-35-30(24-13-16-27(39-4)28(20-24)40-5)29(32(37)33(35)38)31(36)26-15-14-25(19-22(26)3)41-21-23-11-9-8-10-12-23/h8-16,19-20,30,36H,6-7,17-18,21H2,1-5H3/b31-29+/t30-/m1/s1. The molecule has 0 radical (unpaired) electrons. The lowest BCUT2D eigenvalue weighted by molar-refractivity contribution is -0.140. The third-order valence-corrected chi connectivity index (χ3v) is 7.52. The van der Waals surface area contributed by atoms with Crippen LogP contribution in [0.5, 0.6) is 17.2 Å². The zero-order valence-corrected chi connectivity index (χ0v) is 24.3.